The van der Waals surface area contributed by atoms with E-state index in [2.05, 4.69) is 127 Å². The first-order chi connectivity index (χ1) is 23.7. The number of carboxylic acids is 2. The number of para-hydroxylation sites is 2. The van der Waals surface area contributed by atoms with Crippen LogP contribution in [0.5, 0.6) is 0 Å². The van der Waals surface area contributed by atoms with E-state index in [4.69, 9.17) is 0 Å². The first-order valence-corrected chi connectivity index (χ1v) is 17.0. The van der Waals surface area contributed by atoms with Gasteiger partial charge in [0.15, 0.2) is 0 Å². The Morgan fingerprint density at radius 3 is 1.86 bits per heavy atom. The molecule has 0 amide bonds. The third-order valence-corrected chi connectivity index (χ3v) is 10.2. The van der Waals surface area contributed by atoms with Crippen molar-refractivity contribution in [2.75, 3.05) is 22.9 Å². The third kappa shape index (κ3) is 6.95. The SMILES string of the molecule is CC1(Cc2ccccc2)\C(=C/C=C/C=C/C2N(CCC(=O)O)c3ccccc3C2(C)Cc2ccccc2)N(CCC(=O)O)c2ccccc21. The van der Waals surface area contributed by atoms with Crippen LogP contribution >= 0.6 is 0 Å². The molecule has 2 heterocycles. The van der Waals surface area contributed by atoms with E-state index < -0.39 is 11.9 Å². The molecule has 2 aliphatic rings. The van der Waals surface area contributed by atoms with Crippen LogP contribution in [0.3, 0.4) is 0 Å². The fourth-order valence-corrected chi connectivity index (χ4v) is 7.91. The Bertz CT molecular complexity index is 1880. The van der Waals surface area contributed by atoms with Crippen LogP contribution in [-0.2, 0) is 33.3 Å². The van der Waals surface area contributed by atoms with Gasteiger partial charge in [0.2, 0.25) is 0 Å². The van der Waals surface area contributed by atoms with Crippen molar-refractivity contribution in [1.82, 2.24) is 0 Å². The molecule has 0 bridgehead atoms. The highest BCUT2D eigenvalue weighted by atomic mass is 16.4. The number of hydrogen-bond donors (Lipinski definition) is 2. The van der Waals surface area contributed by atoms with Crippen LogP contribution in [0, 0.1) is 0 Å². The number of benzene rings is 4. The summed E-state index contributed by atoms with van der Waals surface area (Å²) in [6.07, 6.45) is 12.2. The molecule has 0 aromatic heterocycles. The smallest absolute Gasteiger partial charge is 0.305 e. The van der Waals surface area contributed by atoms with Gasteiger partial charge in [0.25, 0.3) is 0 Å². The van der Waals surface area contributed by atoms with Crippen LogP contribution in [0.25, 0.3) is 0 Å². The van der Waals surface area contributed by atoms with E-state index in [9.17, 15) is 19.8 Å². The topological polar surface area (TPSA) is 81.1 Å². The molecule has 0 spiro atoms. The number of carbonyl (C=O) groups is 2. The van der Waals surface area contributed by atoms with Crippen molar-refractivity contribution < 1.29 is 19.8 Å². The van der Waals surface area contributed by atoms with Gasteiger partial charge in [-0.2, -0.15) is 0 Å². The minimum Gasteiger partial charge on any atom is -0.481 e. The van der Waals surface area contributed by atoms with E-state index in [1.165, 1.54) is 22.3 Å². The van der Waals surface area contributed by atoms with Crippen LogP contribution in [0.1, 0.15) is 48.9 Å². The Morgan fingerprint density at radius 1 is 0.653 bits per heavy atom. The lowest BCUT2D eigenvalue weighted by Crippen LogP contribution is -2.44. The van der Waals surface area contributed by atoms with Gasteiger partial charge >= 0.3 is 11.9 Å². The largest absolute Gasteiger partial charge is 0.481 e. The third-order valence-electron chi connectivity index (χ3n) is 10.2. The summed E-state index contributed by atoms with van der Waals surface area (Å²) in [6.45, 7) is 5.32. The van der Waals surface area contributed by atoms with Crippen molar-refractivity contribution >= 4 is 23.3 Å². The lowest BCUT2D eigenvalue weighted by Gasteiger charge is -2.35. The van der Waals surface area contributed by atoms with Gasteiger partial charge < -0.3 is 20.0 Å². The zero-order chi connectivity index (χ0) is 34.4. The van der Waals surface area contributed by atoms with E-state index in [1.807, 2.05) is 36.4 Å². The van der Waals surface area contributed by atoms with Crippen molar-refractivity contribution in [2.45, 2.75) is 56.4 Å². The second-order valence-electron chi connectivity index (χ2n) is 13.5. The average molecular weight is 653 g/mol. The number of fused-ring (bicyclic) bond motifs is 2. The number of anilines is 2. The lowest BCUT2D eigenvalue weighted by atomic mass is 9.73. The summed E-state index contributed by atoms with van der Waals surface area (Å²) < 4.78 is 0. The molecule has 49 heavy (non-hydrogen) atoms. The highest BCUT2D eigenvalue weighted by molar-refractivity contribution is 5.74. The van der Waals surface area contributed by atoms with Gasteiger partial charge in [0.1, 0.15) is 0 Å². The summed E-state index contributed by atoms with van der Waals surface area (Å²) in [5, 5.41) is 19.2. The predicted molar refractivity (Wildman–Crippen MR) is 197 cm³/mol. The molecule has 0 aliphatic carbocycles. The quantitative estimate of drug-likeness (QED) is 0.141. The molecule has 0 radical (unpaired) electrons. The molecule has 4 aromatic rings. The first-order valence-electron chi connectivity index (χ1n) is 17.0. The average Bonchev–Trinajstić information content (AvgIpc) is 3.47. The molecule has 6 heteroatoms. The molecule has 2 N–H and O–H groups in total. The van der Waals surface area contributed by atoms with Gasteiger partial charge in [-0.15, -0.1) is 0 Å². The Kier molecular flexibility index (Phi) is 9.86. The summed E-state index contributed by atoms with van der Waals surface area (Å²) in [4.78, 5) is 27.8. The molecule has 3 atom stereocenters. The summed E-state index contributed by atoms with van der Waals surface area (Å²) in [7, 11) is 0. The van der Waals surface area contributed by atoms with E-state index in [0.29, 0.717) is 13.1 Å². The van der Waals surface area contributed by atoms with Gasteiger partial charge in [-0.25, -0.2) is 0 Å². The van der Waals surface area contributed by atoms with Crippen LogP contribution in [0.15, 0.2) is 145 Å². The van der Waals surface area contributed by atoms with Gasteiger partial charge in [-0.1, -0.05) is 128 Å². The second kappa shape index (κ2) is 14.4. The molecule has 4 aromatic carbocycles. The Hall–Kier alpha value is -5.36. The van der Waals surface area contributed by atoms with E-state index in [0.717, 1.165) is 29.9 Å². The molecule has 250 valence electrons. The zero-order valence-corrected chi connectivity index (χ0v) is 28.2. The highest BCUT2D eigenvalue weighted by Gasteiger charge is 2.46. The summed E-state index contributed by atoms with van der Waals surface area (Å²) >= 11 is 0. The Balaban J connectivity index is 1.35. The highest BCUT2D eigenvalue weighted by Crippen LogP contribution is 2.50. The zero-order valence-electron chi connectivity index (χ0n) is 28.2. The lowest BCUT2D eigenvalue weighted by molar-refractivity contribution is -0.137. The molecule has 3 unspecified atom stereocenters. The van der Waals surface area contributed by atoms with Crippen molar-refractivity contribution in [3.63, 3.8) is 0 Å². The molecule has 6 nitrogen and oxygen atoms in total. The predicted octanol–water partition coefficient (Wildman–Crippen LogP) is 8.34. The van der Waals surface area contributed by atoms with Crippen molar-refractivity contribution in [1.29, 1.82) is 0 Å². The van der Waals surface area contributed by atoms with Crippen molar-refractivity contribution in [3.8, 4) is 0 Å². The van der Waals surface area contributed by atoms with Gasteiger partial charge in [-0.3, -0.25) is 9.59 Å². The first kappa shape index (κ1) is 33.5. The molecule has 2 aliphatic heterocycles. The minimum atomic E-state index is -0.824. The minimum absolute atomic E-state index is 0.0329. The van der Waals surface area contributed by atoms with Gasteiger partial charge in [0.05, 0.1) is 18.9 Å². The fraction of sp³-hybridized carbons (Fsp3) is 0.256. The summed E-state index contributed by atoms with van der Waals surface area (Å²) in [5.41, 5.74) is 7.41. The van der Waals surface area contributed by atoms with Crippen LogP contribution < -0.4 is 9.80 Å². The molecule has 6 rings (SSSR count). The maximum Gasteiger partial charge on any atom is 0.305 e. The Labute approximate surface area is 289 Å². The van der Waals surface area contributed by atoms with Crippen LogP contribution in [0.4, 0.5) is 11.4 Å². The number of nitrogens with zero attached hydrogens (tertiary/aromatic N) is 2. The second-order valence-corrected chi connectivity index (χ2v) is 13.5. The van der Waals surface area contributed by atoms with Gasteiger partial charge in [0, 0.05) is 41.0 Å². The number of aliphatic carboxylic acids is 2. The number of carboxylic acid groups (broad SMARTS) is 2. The van der Waals surface area contributed by atoms with Gasteiger partial charge in [-0.05, 0) is 60.2 Å². The molecular formula is C43H44N2O4. The van der Waals surface area contributed by atoms with E-state index >= 15 is 0 Å². The van der Waals surface area contributed by atoms with Crippen LogP contribution in [0.2, 0.25) is 0 Å². The van der Waals surface area contributed by atoms with Crippen molar-refractivity contribution in [2.24, 2.45) is 0 Å². The number of rotatable bonds is 13. The maximum absolute atomic E-state index is 11.7. The molecule has 0 saturated heterocycles. The fourth-order valence-electron chi connectivity index (χ4n) is 7.91. The van der Waals surface area contributed by atoms with E-state index in [1.54, 1.807) is 0 Å². The number of allylic oxidation sites excluding steroid dienone is 5. The molecule has 0 fully saturated rings. The number of hydrogen-bond acceptors (Lipinski definition) is 4. The normalized spacial score (nSPS) is 22.2. The van der Waals surface area contributed by atoms with Crippen molar-refractivity contribution in [3.05, 3.63) is 168 Å². The standard InChI is InChI=1S/C43H44N2O4/c1-42(30-32-16-6-3-7-17-32)34-20-12-14-22-36(34)44(28-26-40(46)47)38(42)24-10-5-11-25-39-43(2,31-33-18-8-4-9-19-33)35-21-13-15-23-37(35)45(39)29-27-41(48)49/h3-25,38H,26-31H2,1-2H3,(H,46,47)(H,48,49)/b11-5+,24-10+,39-25+. The Morgan fingerprint density at radius 2 is 1.20 bits per heavy atom. The van der Waals surface area contributed by atoms with Crippen LogP contribution in [-0.4, -0.2) is 41.3 Å². The maximum atomic E-state index is 11.7. The summed E-state index contributed by atoms with van der Waals surface area (Å²) in [5.74, 6) is -1.64. The molecular weight excluding hydrogens is 608 g/mol. The molecule has 0 saturated carbocycles. The summed E-state index contributed by atoms with van der Waals surface area (Å²) in [6, 6.07) is 37.5. The van der Waals surface area contributed by atoms with E-state index in [-0.39, 0.29) is 29.7 Å². The monoisotopic (exact) mass is 652 g/mol.